The molecule has 1 unspecified atom stereocenters. The molecule has 3 heterocycles. The number of rotatable bonds is 8. The van der Waals surface area contributed by atoms with Crippen molar-refractivity contribution in [1.82, 2.24) is 20.4 Å². The van der Waals surface area contributed by atoms with E-state index in [2.05, 4.69) is 10.6 Å². The van der Waals surface area contributed by atoms with Crippen molar-refractivity contribution in [3.8, 4) is 0 Å². The van der Waals surface area contributed by atoms with Crippen LogP contribution < -0.4 is 16.4 Å². The lowest BCUT2D eigenvalue weighted by molar-refractivity contribution is -0.163. The quantitative estimate of drug-likeness (QED) is 0.111. The number of aliphatic hydroxyl groups is 1. The fourth-order valence-electron chi connectivity index (χ4n) is 4.70. The molecule has 3 aliphatic heterocycles. The number of fused-ring (bicyclic) bond motifs is 1. The molecule has 0 spiro atoms. The Morgan fingerprint density at radius 3 is 2.58 bits per heavy atom. The summed E-state index contributed by atoms with van der Waals surface area (Å²) < 4.78 is 0. The van der Waals surface area contributed by atoms with Crippen molar-refractivity contribution in [2.45, 2.75) is 43.7 Å². The van der Waals surface area contributed by atoms with Crippen molar-refractivity contribution >= 4 is 35.5 Å². The summed E-state index contributed by atoms with van der Waals surface area (Å²) in [4.78, 5) is 40.8. The number of amides is 2. The Morgan fingerprint density at radius 2 is 2.00 bits per heavy atom. The lowest BCUT2D eigenvalue weighted by Crippen LogP contribution is -2.63. The first-order valence-electron chi connectivity index (χ1n) is 10.3. The van der Waals surface area contributed by atoms with Gasteiger partial charge >= 0.3 is 5.97 Å². The fraction of sp³-hybridized carbons (Fsp3) is 0.684. The van der Waals surface area contributed by atoms with Gasteiger partial charge in [-0.15, -0.1) is 11.8 Å². The van der Waals surface area contributed by atoms with E-state index < -0.39 is 18.0 Å². The molecule has 3 aliphatic rings. The van der Waals surface area contributed by atoms with Crippen LogP contribution in [0.5, 0.6) is 0 Å². The summed E-state index contributed by atoms with van der Waals surface area (Å²) in [6.45, 7) is 4.75. The second-order valence-electron chi connectivity index (χ2n) is 8.33. The number of hydrogen-bond acceptors (Lipinski definition) is 7. The maximum absolute atomic E-state index is 12.5. The second kappa shape index (κ2) is 9.05. The van der Waals surface area contributed by atoms with E-state index in [9.17, 15) is 24.6 Å². The lowest BCUT2D eigenvalue weighted by atomic mass is 9.79. The zero-order chi connectivity index (χ0) is 23.0. The summed E-state index contributed by atoms with van der Waals surface area (Å²) >= 11 is 1.42. The van der Waals surface area contributed by atoms with Crippen LogP contribution in [-0.4, -0.2) is 93.9 Å². The van der Waals surface area contributed by atoms with Crippen molar-refractivity contribution in [1.29, 1.82) is 5.41 Å². The van der Waals surface area contributed by atoms with Crippen LogP contribution in [0.25, 0.3) is 0 Å². The number of guanidine groups is 1. The monoisotopic (exact) mass is 454 g/mol. The maximum atomic E-state index is 12.5. The molecule has 0 aliphatic carbocycles. The van der Waals surface area contributed by atoms with Crippen LogP contribution in [0, 0.1) is 17.2 Å². The smallest absolute Gasteiger partial charge is 0.353 e. The number of likely N-dealkylation sites (tertiary alicyclic amines) is 1. The van der Waals surface area contributed by atoms with Crippen LogP contribution in [-0.2, 0) is 14.4 Å². The number of nitrogens with zero attached hydrogens (tertiary/aromatic N) is 2. The lowest BCUT2D eigenvalue weighted by Gasteiger charge is -2.46. The standard InChI is InChI=1S/C19H30N6O5S/c1-8-13-12(9(2)26)17(28)25(13)14(18(29)30)15(8)31-10-6-11(24(3)7-10)16(27)22-4-5-23-19(20)21/h8-13,26H,4-7H2,1-3H3,(H,22,27)(H,29,30)(H4,20,21,23)/t8-,9?,10+,11+,12-,13-/m1/s1. The second-order valence-corrected chi connectivity index (χ2v) is 9.68. The molecule has 2 fully saturated rings. The molecule has 2 saturated heterocycles. The third-order valence-electron chi connectivity index (χ3n) is 6.16. The number of nitrogens with one attached hydrogen (secondary N) is 3. The van der Waals surface area contributed by atoms with Crippen molar-refractivity contribution < 1.29 is 24.6 Å². The van der Waals surface area contributed by atoms with Gasteiger partial charge in [0.25, 0.3) is 0 Å². The number of carboxylic acid groups (broad SMARTS) is 1. The van der Waals surface area contributed by atoms with Crippen LogP contribution in [0.15, 0.2) is 10.6 Å². The Kier molecular flexibility index (Phi) is 6.82. The van der Waals surface area contributed by atoms with Gasteiger partial charge in [0, 0.05) is 35.7 Å². The Morgan fingerprint density at radius 1 is 1.35 bits per heavy atom. The molecule has 0 aromatic carbocycles. The topological polar surface area (TPSA) is 172 Å². The highest BCUT2D eigenvalue weighted by Crippen LogP contribution is 2.52. The molecular weight excluding hydrogens is 424 g/mol. The summed E-state index contributed by atoms with van der Waals surface area (Å²) in [7, 11) is 1.85. The van der Waals surface area contributed by atoms with Crippen LogP contribution in [0.4, 0.5) is 0 Å². The summed E-state index contributed by atoms with van der Waals surface area (Å²) in [5.41, 5.74) is 5.22. The number of carbonyl (C=O) groups excluding carboxylic acids is 2. The summed E-state index contributed by atoms with van der Waals surface area (Å²) in [5.74, 6) is -2.55. The molecule has 0 saturated carbocycles. The molecule has 6 atom stereocenters. The Labute approximate surface area is 184 Å². The van der Waals surface area contributed by atoms with Gasteiger partial charge in [0.15, 0.2) is 5.96 Å². The molecule has 31 heavy (non-hydrogen) atoms. The number of likely N-dealkylation sites (N-methyl/N-ethyl adjacent to an activating group) is 1. The van der Waals surface area contributed by atoms with E-state index in [1.54, 1.807) is 6.92 Å². The van der Waals surface area contributed by atoms with E-state index in [-0.39, 0.29) is 46.7 Å². The Balaban J connectivity index is 1.65. The summed E-state index contributed by atoms with van der Waals surface area (Å²) in [6, 6.07) is -0.683. The number of aliphatic hydroxyl groups excluding tert-OH is 1. The minimum atomic E-state index is -1.15. The van der Waals surface area contributed by atoms with Gasteiger partial charge in [-0.3, -0.25) is 19.9 Å². The Bertz CT molecular complexity index is 818. The van der Waals surface area contributed by atoms with Crippen molar-refractivity contribution in [2.24, 2.45) is 17.6 Å². The van der Waals surface area contributed by atoms with Gasteiger partial charge in [0.2, 0.25) is 11.8 Å². The SMILES string of the molecule is CC(O)[C@H]1C(=O)N2C(C(=O)O)=C(S[C@H]3C[C@@H](C(=O)NCCNC(=N)N)N(C)C3)[C@H](C)[C@H]12. The van der Waals surface area contributed by atoms with Gasteiger partial charge in [-0.1, -0.05) is 6.92 Å². The van der Waals surface area contributed by atoms with Crippen molar-refractivity contribution in [2.75, 3.05) is 26.7 Å². The number of carbonyl (C=O) groups is 3. The minimum Gasteiger partial charge on any atom is -0.477 e. The van der Waals surface area contributed by atoms with Crippen molar-refractivity contribution in [3.05, 3.63) is 10.6 Å². The number of hydrogen-bond donors (Lipinski definition) is 6. The molecule has 12 heteroatoms. The minimum absolute atomic E-state index is 0.00157. The first-order chi connectivity index (χ1) is 14.5. The van der Waals surface area contributed by atoms with Gasteiger partial charge in [0.05, 0.1) is 24.1 Å². The number of thioether (sulfide) groups is 1. The summed E-state index contributed by atoms with van der Waals surface area (Å²) in [6.07, 6.45) is -0.284. The molecule has 0 radical (unpaired) electrons. The molecule has 3 rings (SSSR count). The molecule has 11 nitrogen and oxygen atoms in total. The van der Waals surface area contributed by atoms with Gasteiger partial charge in [-0.2, -0.15) is 0 Å². The zero-order valence-electron chi connectivity index (χ0n) is 17.8. The number of aliphatic carboxylic acids is 1. The van der Waals surface area contributed by atoms with E-state index >= 15 is 0 Å². The third-order valence-corrected chi connectivity index (χ3v) is 7.65. The van der Waals surface area contributed by atoms with Gasteiger partial charge in [-0.05, 0) is 20.4 Å². The molecule has 172 valence electrons. The molecule has 0 bridgehead atoms. The number of nitrogens with two attached hydrogens (primary N) is 1. The highest BCUT2D eigenvalue weighted by molar-refractivity contribution is 8.03. The molecule has 0 aromatic rings. The van der Waals surface area contributed by atoms with Crippen LogP contribution in [0.1, 0.15) is 20.3 Å². The normalized spacial score (nSPS) is 31.3. The fourth-order valence-corrected chi connectivity index (χ4v) is 6.30. The van der Waals surface area contributed by atoms with Crippen LogP contribution >= 0.6 is 11.8 Å². The highest BCUT2D eigenvalue weighted by atomic mass is 32.2. The predicted molar refractivity (Wildman–Crippen MR) is 115 cm³/mol. The number of carboxylic acids is 1. The van der Waals surface area contributed by atoms with Gasteiger partial charge in [-0.25, -0.2) is 4.79 Å². The number of β-lactam (4-membered cyclic amide) rings is 1. The van der Waals surface area contributed by atoms with E-state index in [0.29, 0.717) is 31.0 Å². The van der Waals surface area contributed by atoms with E-state index in [4.69, 9.17) is 11.1 Å². The zero-order valence-corrected chi connectivity index (χ0v) is 18.6. The first-order valence-corrected chi connectivity index (χ1v) is 11.1. The average Bonchev–Trinajstić information content (AvgIpc) is 3.15. The highest BCUT2D eigenvalue weighted by Gasteiger charge is 2.60. The summed E-state index contributed by atoms with van der Waals surface area (Å²) in [5, 5.41) is 32.3. The first kappa shape index (κ1) is 23.4. The largest absolute Gasteiger partial charge is 0.477 e. The van der Waals surface area contributed by atoms with Gasteiger partial charge in [0.1, 0.15) is 5.70 Å². The van der Waals surface area contributed by atoms with Crippen LogP contribution in [0.3, 0.4) is 0 Å². The average molecular weight is 455 g/mol. The molecule has 0 aromatic heterocycles. The predicted octanol–water partition coefficient (Wildman–Crippen LogP) is -1.45. The van der Waals surface area contributed by atoms with Gasteiger partial charge < -0.3 is 31.5 Å². The Hall–Kier alpha value is -2.31. The van der Waals surface area contributed by atoms with Crippen molar-refractivity contribution in [3.63, 3.8) is 0 Å². The van der Waals surface area contributed by atoms with E-state index in [0.717, 1.165) is 0 Å². The van der Waals surface area contributed by atoms with E-state index in [1.807, 2.05) is 18.9 Å². The maximum Gasteiger partial charge on any atom is 0.353 e. The van der Waals surface area contributed by atoms with Crippen LogP contribution in [0.2, 0.25) is 0 Å². The molecule has 7 N–H and O–H groups in total. The third kappa shape index (κ3) is 4.37. The molecular formula is C19H30N6O5S. The molecule has 2 amide bonds. The van der Waals surface area contributed by atoms with E-state index in [1.165, 1.54) is 16.7 Å².